The second-order valence-corrected chi connectivity index (χ2v) is 8.80. The summed E-state index contributed by atoms with van der Waals surface area (Å²) in [4.78, 5) is 4.81. The smallest absolute Gasteiger partial charge is 0.237 e. The summed E-state index contributed by atoms with van der Waals surface area (Å²) in [6, 6.07) is 30.2. The fourth-order valence-electron chi connectivity index (χ4n) is 3.60. The summed E-state index contributed by atoms with van der Waals surface area (Å²) in [7, 11) is -3.78. The van der Waals surface area contributed by atoms with E-state index in [9.17, 15) is 8.42 Å². The minimum Gasteiger partial charge on any atom is -0.237 e. The molecule has 5 rings (SSSR count). The number of aromatic nitrogens is 2. The van der Waals surface area contributed by atoms with E-state index in [0.717, 1.165) is 27.6 Å². The van der Waals surface area contributed by atoms with E-state index < -0.39 is 10.0 Å². The molecule has 0 spiro atoms. The molecule has 0 radical (unpaired) electrons. The zero-order valence-corrected chi connectivity index (χ0v) is 16.8. The molecule has 0 fully saturated rings. The summed E-state index contributed by atoms with van der Waals surface area (Å²) >= 11 is 0. The molecule has 0 unspecified atom stereocenters. The summed E-state index contributed by atoms with van der Waals surface area (Å²) in [5.74, 6) is 0. The van der Waals surface area contributed by atoms with E-state index in [4.69, 9.17) is 0 Å². The predicted octanol–water partition coefficient (Wildman–Crippen LogP) is 5.61. The summed E-state index contributed by atoms with van der Waals surface area (Å²) in [5.41, 5.74) is 4.16. The van der Waals surface area contributed by atoms with Gasteiger partial charge in [-0.15, -0.1) is 0 Å². The van der Waals surface area contributed by atoms with Crippen LogP contribution in [0, 0.1) is 0 Å². The van der Waals surface area contributed by atoms with Gasteiger partial charge in [0.1, 0.15) is 0 Å². The largest absolute Gasteiger partial charge is 0.269 e. The molecule has 5 heteroatoms. The van der Waals surface area contributed by atoms with Gasteiger partial charge in [-0.25, -0.2) is 17.4 Å². The Kier molecular flexibility index (Phi) is 4.45. The van der Waals surface area contributed by atoms with Crippen LogP contribution in [0.25, 0.3) is 33.3 Å². The third-order valence-electron chi connectivity index (χ3n) is 5.10. The molecule has 146 valence electrons. The average molecular weight is 410 g/mol. The quantitative estimate of drug-likeness (QED) is 0.387. The Labute approximate surface area is 175 Å². The van der Waals surface area contributed by atoms with Gasteiger partial charge in [-0.3, -0.25) is 0 Å². The molecule has 5 aromatic rings. The molecule has 2 heterocycles. The average Bonchev–Trinajstić information content (AvgIpc) is 3.20. The minimum absolute atomic E-state index is 0.232. The SMILES string of the molecule is O=S(=O)(c1ccccc1)n1cc(-c2ccccc2)c2cc(-c3ccccc3)cnc21. The van der Waals surface area contributed by atoms with E-state index in [-0.39, 0.29) is 4.90 Å². The standard InChI is InChI=1S/C25H18N2O2S/c28-30(29,22-14-8-3-9-15-22)27-18-24(20-12-6-2-7-13-20)23-16-21(17-26-25(23)27)19-10-4-1-5-11-19/h1-18H. The predicted molar refractivity (Wildman–Crippen MR) is 120 cm³/mol. The first-order chi connectivity index (χ1) is 14.6. The van der Waals surface area contributed by atoms with Crippen molar-refractivity contribution in [2.24, 2.45) is 0 Å². The minimum atomic E-state index is -3.78. The Morgan fingerprint density at radius 3 is 1.87 bits per heavy atom. The van der Waals surface area contributed by atoms with E-state index in [0.29, 0.717) is 5.65 Å². The van der Waals surface area contributed by atoms with E-state index >= 15 is 0 Å². The fraction of sp³-hybridized carbons (Fsp3) is 0. The molecule has 0 bridgehead atoms. The van der Waals surface area contributed by atoms with Crippen LogP contribution in [-0.2, 0) is 10.0 Å². The first kappa shape index (κ1) is 18.3. The molecule has 0 amide bonds. The molecule has 0 atom stereocenters. The van der Waals surface area contributed by atoms with Gasteiger partial charge in [-0.05, 0) is 29.3 Å². The van der Waals surface area contributed by atoms with Crippen molar-refractivity contribution in [3.8, 4) is 22.3 Å². The molecule has 30 heavy (non-hydrogen) atoms. The molecule has 4 nitrogen and oxygen atoms in total. The highest BCUT2D eigenvalue weighted by atomic mass is 32.2. The number of pyridine rings is 1. The molecule has 2 aromatic heterocycles. The van der Waals surface area contributed by atoms with Crippen LogP contribution in [0.4, 0.5) is 0 Å². The van der Waals surface area contributed by atoms with Crippen LogP contribution in [0.2, 0.25) is 0 Å². The van der Waals surface area contributed by atoms with Crippen molar-refractivity contribution in [3.63, 3.8) is 0 Å². The lowest BCUT2D eigenvalue weighted by Gasteiger charge is -2.07. The number of hydrogen-bond acceptors (Lipinski definition) is 3. The molecule has 0 aliphatic rings. The number of hydrogen-bond donors (Lipinski definition) is 0. The highest BCUT2D eigenvalue weighted by molar-refractivity contribution is 7.90. The van der Waals surface area contributed by atoms with Crippen molar-refractivity contribution >= 4 is 21.1 Å². The number of fused-ring (bicyclic) bond motifs is 1. The third kappa shape index (κ3) is 3.09. The Hall–Kier alpha value is -3.70. The van der Waals surface area contributed by atoms with Gasteiger partial charge in [0.25, 0.3) is 10.0 Å². The maximum Gasteiger partial charge on any atom is 0.269 e. The second kappa shape index (κ2) is 7.28. The maximum atomic E-state index is 13.4. The van der Waals surface area contributed by atoms with Gasteiger partial charge in [0.2, 0.25) is 0 Å². The Bertz CT molecular complexity index is 1430. The van der Waals surface area contributed by atoms with Crippen LogP contribution in [0.1, 0.15) is 0 Å². The Morgan fingerprint density at radius 1 is 0.667 bits per heavy atom. The molecule has 0 N–H and O–H groups in total. The van der Waals surface area contributed by atoms with Gasteiger partial charge in [-0.1, -0.05) is 78.9 Å². The van der Waals surface area contributed by atoms with Crippen molar-refractivity contribution < 1.29 is 8.42 Å². The van der Waals surface area contributed by atoms with Gasteiger partial charge in [0, 0.05) is 28.9 Å². The zero-order chi connectivity index (χ0) is 20.6. The first-order valence-electron chi connectivity index (χ1n) is 9.57. The summed E-state index contributed by atoms with van der Waals surface area (Å²) < 4.78 is 28.0. The highest BCUT2D eigenvalue weighted by Gasteiger charge is 2.23. The molecule has 0 saturated carbocycles. The molecular formula is C25H18N2O2S. The maximum absolute atomic E-state index is 13.4. The lowest BCUT2D eigenvalue weighted by molar-refractivity contribution is 0.589. The molecule has 3 aromatic carbocycles. The molecular weight excluding hydrogens is 392 g/mol. The van der Waals surface area contributed by atoms with Crippen LogP contribution in [0.15, 0.2) is 114 Å². The van der Waals surface area contributed by atoms with Crippen LogP contribution >= 0.6 is 0 Å². The topological polar surface area (TPSA) is 52.0 Å². The number of rotatable bonds is 4. The van der Waals surface area contributed by atoms with Crippen molar-refractivity contribution in [1.29, 1.82) is 0 Å². The first-order valence-corrected chi connectivity index (χ1v) is 11.0. The summed E-state index contributed by atoms with van der Waals surface area (Å²) in [6.07, 6.45) is 3.40. The van der Waals surface area contributed by atoms with Gasteiger partial charge < -0.3 is 0 Å². The fourth-order valence-corrected chi connectivity index (χ4v) is 4.95. The van der Waals surface area contributed by atoms with Crippen molar-refractivity contribution in [1.82, 2.24) is 8.96 Å². The number of benzene rings is 3. The monoisotopic (exact) mass is 410 g/mol. The lowest BCUT2D eigenvalue weighted by Crippen LogP contribution is -2.12. The highest BCUT2D eigenvalue weighted by Crippen LogP contribution is 2.34. The summed E-state index contributed by atoms with van der Waals surface area (Å²) in [5, 5.41) is 0.794. The van der Waals surface area contributed by atoms with Gasteiger partial charge in [-0.2, -0.15) is 0 Å². The van der Waals surface area contributed by atoms with Gasteiger partial charge in [0.05, 0.1) is 4.90 Å². The molecule has 0 saturated heterocycles. The summed E-state index contributed by atoms with van der Waals surface area (Å²) in [6.45, 7) is 0. The third-order valence-corrected chi connectivity index (χ3v) is 6.77. The molecule has 0 aliphatic heterocycles. The second-order valence-electron chi connectivity index (χ2n) is 6.98. The Balaban J connectivity index is 1.79. The van der Waals surface area contributed by atoms with Crippen LogP contribution < -0.4 is 0 Å². The molecule has 0 aliphatic carbocycles. The Morgan fingerprint density at radius 2 is 1.23 bits per heavy atom. The van der Waals surface area contributed by atoms with Crippen LogP contribution in [0.5, 0.6) is 0 Å². The van der Waals surface area contributed by atoms with Gasteiger partial charge >= 0.3 is 0 Å². The number of nitrogens with zero attached hydrogens (tertiary/aromatic N) is 2. The van der Waals surface area contributed by atoms with Gasteiger partial charge in [0.15, 0.2) is 5.65 Å². The van der Waals surface area contributed by atoms with E-state index in [1.54, 1.807) is 42.7 Å². The van der Waals surface area contributed by atoms with E-state index in [1.807, 2.05) is 66.7 Å². The van der Waals surface area contributed by atoms with Crippen molar-refractivity contribution in [3.05, 3.63) is 109 Å². The lowest BCUT2D eigenvalue weighted by atomic mass is 10.0. The van der Waals surface area contributed by atoms with Crippen molar-refractivity contribution in [2.45, 2.75) is 4.90 Å². The zero-order valence-electron chi connectivity index (χ0n) is 16.0. The van der Waals surface area contributed by atoms with Crippen LogP contribution in [0.3, 0.4) is 0 Å². The van der Waals surface area contributed by atoms with Crippen LogP contribution in [-0.4, -0.2) is 17.4 Å². The van der Waals surface area contributed by atoms with Crippen molar-refractivity contribution in [2.75, 3.05) is 0 Å². The van der Waals surface area contributed by atoms with E-state index in [2.05, 4.69) is 4.98 Å². The normalized spacial score (nSPS) is 11.6. The van der Waals surface area contributed by atoms with E-state index in [1.165, 1.54) is 3.97 Å².